The lowest BCUT2D eigenvalue weighted by atomic mass is 9.80. The number of fused-ring (bicyclic) bond motifs is 2. The first-order valence-corrected chi connectivity index (χ1v) is 11.4. The van der Waals surface area contributed by atoms with E-state index < -0.39 is 12.1 Å². The number of ether oxygens (including phenoxy) is 2. The molecule has 3 aromatic rings. The summed E-state index contributed by atoms with van der Waals surface area (Å²) in [5, 5.41) is 7.12. The maximum atomic E-state index is 10.6. The highest BCUT2D eigenvalue weighted by molar-refractivity contribution is 5.73. The van der Waals surface area contributed by atoms with Crippen molar-refractivity contribution in [3.05, 3.63) is 77.6 Å². The zero-order valence-electron chi connectivity index (χ0n) is 19.7. The number of methoxy groups -OCH3 is 1. The van der Waals surface area contributed by atoms with Gasteiger partial charge in [0.1, 0.15) is 5.75 Å². The van der Waals surface area contributed by atoms with Crippen LogP contribution in [-0.4, -0.2) is 58.9 Å². The van der Waals surface area contributed by atoms with E-state index in [1.165, 1.54) is 11.3 Å². The lowest BCUT2D eigenvalue weighted by molar-refractivity contribution is -0.192. The van der Waals surface area contributed by atoms with Crippen molar-refractivity contribution in [1.82, 2.24) is 14.9 Å². The molecule has 0 saturated carbocycles. The van der Waals surface area contributed by atoms with Gasteiger partial charge in [0.05, 0.1) is 31.4 Å². The van der Waals surface area contributed by atoms with Crippen molar-refractivity contribution < 1.29 is 32.5 Å². The Morgan fingerprint density at radius 2 is 1.94 bits per heavy atom. The minimum Gasteiger partial charge on any atom is -0.497 e. The molecule has 10 heteroatoms. The molecule has 1 atom stereocenters. The molecule has 3 heterocycles. The van der Waals surface area contributed by atoms with Gasteiger partial charge in [-0.3, -0.25) is 4.90 Å². The van der Waals surface area contributed by atoms with Crippen molar-refractivity contribution in [3.8, 4) is 17.1 Å². The van der Waals surface area contributed by atoms with Crippen LogP contribution in [0.3, 0.4) is 0 Å². The topological polar surface area (TPSA) is 84.8 Å². The van der Waals surface area contributed by atoms with Crippen molar-refractivity contribution in [2.24, 2.45) is 0 Å². The van der Waals surface area contributed by atoms with Gasteiger partial charge in [-0.05, 0) is 30.7 Å². The number of likely N-dealkylation sites (tertiary alicyclic amines) is 1. The van der Waals surface area contributed by atoms with Crippen LogP contribution in [0.2, 0.25) is 0 Å². The number of halogens is 3. The number of carboxylic acid groups (broad SMARTS) is 1. The van der Waals surface area contributed by atoms with Gasteiger partial charge in [-0.2, -0.15) is 13.2 Å². The van der Waals surface area contributed by atoms with Crippen LogP contribution >= 0.6 is 0 Å². The summed E-state index contributed by atoms with van der Waals surface area (Å²) in [5.74, 6) is -1.05. The van der Waals surface area contributed by atoms with Crippen molar-refractivity contribution in [2.45, 2.75) is 31.2 Å². The molecule has 2 aliphatic heterocycles. The molecule has 1 fully saturated rings. The Hall–Kier alpha value is -3.50. The molecule has 0 amide bonds. The lowest BCUT2D eigenvalue weighted by Gasteiger charge is -2.34. The third kappa shape index (κ3) is 5.83. The molecule has 7 nitrogen and oxygen atoms in total. The number of aliphatic carboxylic acids is 1. The zero-order chi connectivity index (χ0) is 25.8. The van der Waals surface area contributed by atoms with Crippen LogP contribution in [0.15, 0.2) is 60.8 Å². The highest BCUT2D eigenvalue weighted by Crippen LogP contribution is 2.40. The number of carbonyl (C=O) groups is 1. The van der Waals surface area contributed by atoms with Gasteiger partial charge < -0.3 is 14.6 Å². The first kappa shape index (κ1) is 25.6. The van der Waals surface area contributed by atoms with E-state index in [0.717, 1.165) is 55.4 Å². The standard InChI is InChI=1S/C24H25N3O2.C2HF3O2/c1-28-21-9-5-6-18(12-21)14-27-11-10-24(16-27)17-29-15-20-13-25-23(26-22(20)24)19-7-3-2-4-8-19;3-2(4,5)1(6)7/h2-9,12-13H,10-11,14-17H2,1H3;(H,6,7). The van der Waals surface area contributed by atoms with Gasteiger partial charge in [0.15, 0.2) is 5.82 Å². The lowest BCUT2D eigenvalue weighted by Crippen LogP contribution is -2.40. The minimum absolute atomic E-state index is 0.0566. The molecule has 1 spiro atoms. The van der Waals surface area contributed by atoms with Gasteiger partial charge in [-0.15, -0.1) is 0 Å². The van der Waals surface area contributed by atoms with Crippen molar-refractivity contribution in [3.63, 3.8) is 0 Å². The third-order valence-electron chi connectivity index (χ3n) is 6.25. The van der Waals surface area contributed by atoms with Gasteiger partial charge >= 0.3 is 12.1 Å². The van der Waals surface area contributed by atoms with Crippen LogP contribution in [0.4, 0.5) is 13.2 Å². The Bertz CT molecular complexity index is 1210. The molecular weight excluding hydrogens is 475 g/mol. The summed E-state index contributed by atoms with van der Waals surface area (Å²) in [5.41, 5.74) is 4.57. The van der Waals surface area contributed by atoms with Crippen LogP contribution in [0, 0.1) is 0 Å². The van der Waals surface area contributed by atoms with Gasteiger partial charge in [0.2, 0.25) is 0 Å². The average Bonchev–Trinajstić information content (AvgIpc) is 3.27. The summed E-state index contributed by atoms with van der Waals surface area (Å²) in [4.78, 5) is 21.0. The van der Waals surface area contributed by atoms with Crippen LogP contribution in [0.1, 0.15) is 23.2 Å². The van der Waals surface area contributed by atoms with E-state index in [4.69, 9.17) is 24.4 Å². The Morgan fingerprint density at radius 1 is 1.19 bits per heavy atom. The number of benzene rings is 2. The van der Waals surface area contributed by atoms with E-state index in [2.05, 4.69) is 40.2 Å². The maximum absolute atomic E-state index is 10.6. The van der Waals surface area contributed by atoms with Crippen LogP contribution in [-0.2, 0) is 28.1 Å². The molecule has 1 unspecified atom stereocenters. The van der Waals surface area contributed by atoms with E-state index in [1.54, 1.807) is 7.11 Å². The number of rotatable bonds is 4. The Balaban J connectivity index is 0.000000384. The number of carboxylic acids is 1. The number of hydrogen-bond acceptors (Lipinski definition) is 6. The fourth-order valence-electron chi connectivity index (χ4n) is 4.56. The average molecular weight is 502 g/mol. The highest BCUT2D eigenvalue weighted by Gasteiger charge is 2.45. The Labute approximate surface area is 206 Å². The molecule has 1 N–H and O–H groups in total. The first-order chi connectivity index (χ1) is 17.2. The number of nitrogens with zero attached hydrogens (tertiary/aromatic N) is 3. The SMILES string of the molecule is COc1cccc(CN2CCC3(COCc4cnc(-c5ccccc5)nc43)C2)c1.O=C(O)C(F)(F)F. The molecule has 36 heavy (non-hydrogen) atoms. The Morgan fingerprint density at radius 3 is 2.64 bits per heavy atom. The van der Waals surface area contributed by atoms with E-state index in [1.807, 2.05) is 30.5 Å². The van der Waals surface area contributed by atoms with E-state index in [-0.39, 0.29) is 5.41 Å². The molecule has 1 saturated heterocycles. The van der Waals surface area contributed by atoms with Crippen LogP contribution in [0.25, 0.3) is 11.4 Å². The largest absolute Gasteiger partial charge is 0.497 e. The molecule has 0 radical (unpaired) electrons. The predicted octanol–water partition coefficient (Wildman–Crippen LogP) is 4.46. The second-order valence-corrected chi connectivity index (χ2v) is 8.82. The van der Waals surface area contributed by atoms with Gasteiger partial charge in [0, 0.05) is 30.4 Å². The number of alkyl halides is 3. The van der Waals surface area contributed by atoms with E-state index >= 15 is 0 Å². The monoisotopic (exact) mass is 501 g/mol. The second kappa shape index (κ2) is 10.6. The Kier molecular flexibility index (Phi) is 7.56. The van der Waals surface area contributed by atoms with Gasteiger partial charge in [-0.1, -0.05) is 42.5 Å². The fourth-order valence-corrected chi connectivity index (χ4v) is 4.56. The van der Waals surface area contributed by atoms with Gasteiger partial charge in [-0.25, -0.2) is 14.8 Å². The van der Waals surface area contributed by atoms with Crippen molar-refractivity contribution in [2.75, 3.05) is 26.8 Å². The summed E-state index contributed by atoms with van der Waals surface area (Å²) in [6.07, 6.45) is -2.08. The third-order valence-corrected chi connectivity index (χ3v) is 6.25. The molecule has 190 valence electrons. The zero-order valence-corrected chi connectivity index (χ0v) is 19.7. The molecule has 1 aromatic heterocycles. The summed E-state index contributed by atoms with van der Waals surface area (Å²) < 4.78 is 43.1. The summed E-state index contributed by atoms with van der Waals surface area (Å²) in [7, 11) is 1.71. The van der Waals surface area contributed by atoms with E-state index in [0.29, 0.717) is 6.61 Å². The van der Waals surface area contributed by atoms with Crippen LogP contribution in [0.5, 0.6) is 5.75 Å². The van der Waals surface area contributed by atoms with Crippen molar-refractivity contribution in [1.29, 1.82) is 0 Å². The number of hydrogen-bond donors (Lipinski definition) is 1. The maximum Gasteiger partial charge on any atom is 0.490 e. The fraction of sp³-hybridized carbons (Fsp3) is 0.346. The normalized spacial score (nSPS) is 19.3. The molecule has 0 bridgehead atoms. The summed E-state index contributed by atoms with van der Waals surface area (Å²) in [6, 6.07) is 18.5. The van der Waals surface area contributed by atoms with Crippen molar-refractivity contribution >= 4 is 5.97 Å². The smallest absolute Gasteiger partial charge is 0.490 e. The quantitative estimate of drug-likeness (QED) is 0.565. The summed E-state index contributed by atoms with van der Waals surface area (Å²) in [6.45, 7) is 4.21. The highest BCUT2D eigenvalue weighted by atomic mass is 19.4. The van der Waals surface area contributed by atoms with Gasteiger partial charge in [0.25, 0.3) is 0 Å². The predicted molar refractivity (Wildman–Crippen MR) is 125 cm³/mol. The second-order valence-electron chi connectivity index (χ2n) is 8.82. The minimum atomic E-state index is -5.08. The van der Waals surface area contributed by atoms with E-state index in [9.17, 15) is 13.2 Å². The molecule has 5 rings (SSSR count). The first-order valence-electron chi connectivity index (χ1n) is 11.4. The number of aromatic nitrogens is 2. The molecule has 2 aliphatic rings. The molecule has 2 aromatic carbocycles. The summed E-state index contributed by atoms with van der Waals surface area (Å²) >= 11 is 0. The van der Waals surface area contributed by atoms with Crippen LogP contribution < -0.4 is 4.74 Å². The molecule has 0 aliphatic carbocycles. The molecular formula is C26H26F3N3O4.